The smallest absolute Gasteiger partial charge is 0.214 e. The van der Waals surface area contributed by atoms with Gasteiger partial charge in [-0.2, -0.15) is 0 Å². The summed E-state index contributed by atoms with van der Waals surface area (Å²) in [5.74, 6) is 0.678. The predicted molar refractivity (Wildman–Crippen MR) is 74.3 cm³/mol. The topological polar surface area (TPSA) is 37.4 Å². The highest BCUT2D eigenvalue weighted by Gasteiger charge is 2.20. The molecule has 1 aliphatic rings. The molecule has 1 fully saturated rings. The van der Waals surface area contributed by atoms with Gasteiger partial charge in [0.1, 0.15) is 0 Å². The standard InChI is InChI=1S/C14H23N3O/c1-11(2)17(10-12-5-4-7-15-12)13-6-8-16-14(9-13)18-3/h6,8-9,11-12,15H,4-5,7,10H2,1-3H3. The molecule has 1 atom stereocenters. The van der Waals surface area contributed by atoms with Crippen LogP contribution in [0, 0.1) is 0 Å². The van der Waals surface area contributed by atoms with Gasteiger partial charge >= 0.3 is 0 Å². The van der Waals surface area contributed by atoms with Crippen molar-refractivity contribution in [3.8, 4) is 5.88 Å². The Hall–Kier alpha value is -1.29. The van der Waals surface area contributed by atoms with Crippen LogP contribution in [0.15, 0.2) is 18.3 Å². The monoisotopic (exact) mass is 249 g/mol. The fourth-order valence-corrected chi connectivity index (χ4v) is 2.45. The number of ether oxygens (including phenoxy) is 1. The van der Waals surface area contributed by atoms with Crippen LogP contribution in [0.5, 0.6) is 5.88 Å². The third-order valence-electron chi connectivity index (χ3n) is 3.46. The average molecular weight is 249 g/mol. The first-order valence-corrected chi connectivity index (χ1v) is 6.70. The summed E-state index contributed by atoms with van der Waals surface area (Å²) in [5.41, 5.74) is 1.19. The summed E-state index contributed by atoms with van der Waals surface area (Å²) in [6, 6.07) is 5.14. The van der Waals surface area contributed by atoms with Crippen LogP contribution in [0.3, 0.4) is 0 Å². The molecule has 1 aromatic heterocycles. The molecule has 1 saturated heterocycles. The molecule has 4 nitrogen and oxygen atoms in total. The van der Waals surface area contributed by atoms with Gasteiger partial charge in [-0.3, -0.25) is 0 Å². The van der Waals surface area contributed by atoms with Crippen LogP contribution < -0.4 is 15.0 Å². The minimum absolute atomic E-state index is 0.472. The lowest BCUT2D eigenvalue weighted by molar-refractivity contribution is 0.397. The summed E-state index contributed by atoms with van der Waals surface area (Å²) >= 11 is 0. The maximum absolute atomic E-state index is 5.20. The van der Waals surface area contributed by atoms with Crippen LogP contribution in [0.1, 0.15) is 26.7 Å². The quantitative estimate of drug-likeness (QED) is 0.866. The lowest BCUT2D eigenvalue weighted by atomic mass is 10.1. The van der Waals surface area contributed by atoms with Gasteiger partial charge < -0.3 is 15.0 Å². The molecule has 0 saturated carbocycles. The molecule has 100 valence electrons. The van der Waals surface area contributed by atoms with E-state index in [1.807, 2.05) is 12.3 Å². The second kappa shape index (κ2) is 6.05. The third kappa shape index (κ3) is 3.13. The molecule has 0 spiro atoms. The van der Waals surface area contributed by atoms with E-state index in [2.05, 4.69) is 35.1 Å². The molecular weight excluding hydrogens is 226 g/mol. The van der Waals surface area contributed by atoms with Crippen LogP contribution >= 0.6 is 0 Å². The van der Waals surface area contributed by atoms with Gasteiger partial charge in [0.15, 0.2) is 0 Å². The number of methoxy groups -OCH3 is 1. The zero-order valence-corrected chi connectivity index (χ0v) is 11.5. The molecule has 1 aromatic rings. The summed E-state index contributed by atoms with van der Waals surface area (Å²) in [5, 5.41) is 3.55. The lowest BCUT2D eigenvalue weighted by Crippen LogP contribution is -2.41. The highest BCUT2D eigenvalue weighted by atomic mass is 16.5. The molecule has 2 heterocycles. The highest BCUT2D eigenvalue weighted by molar-refractivity contribution is 5.49. The molecule has 0 amide bonds. The van der Waals surface area contributed by atoms with E-state index in [1.54, 1.807) is 7.11 Å². The maximum Gasteiger partial charge on any atom is 0.214 e. The summed E-state index contributed by atoms with van der Waals surface area (Å²) in [7, 11) is 1.66. The molecule has 1 aliphatic heterocycles. The van der Waals surface area contributed by atoms with Gasteiger partial charge in [-0.1, -0.05) is 0 Å². The number of rotatable bonds is 5. The Kier molecular flexibility index (Phi) is 4.42. The van der Waals surface area contributed by atoms with Gasteiger partial charge in [0.2, 0.25) is 5.88 Å². The van der Waals surface area contributed by atoms with Gasteiger partial charge in [0, 0.05) is 36.6 Å². The Morgan fingerprint density at radius 3 is 3.00 bits per heavy atom. The van der Waals surface area contributed by atoms with Crippen molar-refractivity contribution >= 4 is 5.69 Å². The first-order valence-electron chi connectivity index (χ1n) is 6.70. The molecule has 18 heavy (non-hydrogen) atoms. The molecule has 0 bridgehead atoms. The Morgan fingerprint density at radius 2 is 2.39 bits per heavy atom. The third-order valence-corrected chi connectivity index (χ3v) is 3.46. The van der Waals surface area contributed by atoms with E-state index in [1.165, 1.54) is 18.5 Å². The number of anilines is 1. The van der Waals surface area contributed by atoms with E-state index in [0.29, 0.717) is 18.0 Å². The van der Waals surface area contributed by atoms with Crippen molar-refractivity contribution in [2.45, 2.75) is 38.8 Å². The fraction of sp³-hybridized carbons (Fsp3) is 0.643. The van der Waals surface area contributed by atoms with Gasteiger partial charge in [-0.15, -0.1) is 0 Å². The second-order valence-corrected chi connectivity index (χ2v) is 5.10. The summed E-state index contributed by atoms with van der Waals surface area (Å²) < 4.78 is 5.20. The summed E-state index contributed by atoms with van der Waals surface area (Å²) in [6.45, 7) is 6.64. The van der Waals surface area contributed by atoms with Crippen molar-refractivity contribution in [2.24, 2.45) is 0 Å². The minimum atomic E-state index is 0.472. The highest BCUT2D eigenvalue weighted by Crippen LogP contribution is 2.22. The zero-order valence-electron chi connectivity index (χ0n) is 11.5. The van der Waals surface area contributed by atoms with Gasteiger partial charge in [-0.25, -0.2) is 4.98 Å². The van der Waals surface area contributed by atoms with Crippen molar-refractivity contribution in [1.82, 2.24) is 10.3 Å². The van der Waals surface area contributed by atoms with Crippen LogP contribution in [0.4, 0.5) is 5.69 Å². The van der Waals surface area contributed by atoms with Crippen molar-refractivity contribution in [3.05, 3.63) is 18.3 Å². The average Bonchev–Trinajstić information content (AvgIpc) is 2.88. The van der Waals surface area contributed by atoms with E-state index < -0.39 is 0 Å². The van der Waals surface area contributed by atoms with Crippen molar-refractivity contribution in [2.75, 3.05) is 25.1 Å². The summed E-state index contributed by atoms with van der Waals surface area (Å²) in [4.78, 5) is 6.58. The Balaban J connectivity index is 2.12. The zero-order chi connectivity index (χ0) is 13.0. The van der Waals surface area contributed by atoms with Crippen molar-refractivity contribution in [3.63, 3.8) is 0 Å². The van der Waals surface area contributed by atoms with Crippen LogP contribution in [0.2, 0.25) is 0 Å². The van der Waals surface area contributed by atoms with Crippen LogP contribution in [-0.2, 0) is 0 Å². The molecule has 4 heteroatoms. The van der Waals surface area contributed by atoms with Gasteiger partial charge in [0.25, 0.3) is 0 Å². The number of hydrogen-bond acceptors (Lipinski definition) is 4. The Labute approximate surface area is 109 Å². The number of nitrogens with zero attached hydrogens (tertiary/aromatic N) is 2. The largest absolute Gasteiger partial charge is 0.481 e. The van der Waals surface area contributed by atoms with E-state index in [9.17, 15) is 0 Å². The second-order valence-electron chi connectivity index (χ2n) is 5.10. The Morgan fingerprint density at radius 1 is 1.56 bits per heavy atom. The summed E-state index contributed by atoms with van der Waals surface area (Å²) in [6.07, 6.45) is 4.37. The van der Waals surface area contributed by atoms with E-state index in [-0.39, 0.29) is 0 Å². The number of hydrogen-bond donors (Lipinski definition) is 1. The van der Waals surface area contributed by atoms with Gasteiger partial charge in [-0.05, 0) is 39.3 Å². The molecule has 1 unspecified atom stereocenters. The number of pyridine rings is 1. The number of nitrogens with one attached hydrogen (secondary N) is 1. The lowest BCUT2D eigenvalue weighted by Gasteiger charge is -2.31. The molecule has 0 aromatic carbocycles. The molecular formula is C14H23N3O. The predicted octanol–water partition coefficient (Wildman–Crippen LogP) is 2.06. The minimum Gasteiger partial charge on any atom is -0.481 e. The normalized spacial score (nSPS) is 19.2. The molecule has 1 N–H and O–H groups in total. The van der Waals surface area contributed by atoms with E-state index >= 15 is 0 Å². The van der Waals surface area contributed by atoms with E-state index in [0.717, 1.165) is 13.1 Å². The Bertz CT molecular complexity index is 375. The van der Waals surface area contributed by atoms with Crippen molar-refractivity contribution in [1.29, 1.82) is 0 Å². The van der Waals surface area contributed by atoms with Crippen molar-refractivity contribution < 1.29 is 4.74 Å². The molecule has 2 rings (SSSR count). The maximum atomic E-state index is 5.20. The first kappa shape index (κ1) is 13.1. The van der Waals surface area contributed by atoms with Crippen LogP contribution in [0.25, 0.3) is 0 Å². The van der Waals surface area contributed by atoms with E-state index in [4.69, 9.17) is 4.74 Å². The van der Waals surface area contributed by atoms with Gasteiger partial charge in [0.05, 0.1) is 7.11 Å². The fourth-order valence-electron chi connectivity index (χ4n) is 2.45. The molecule has 0 aliphatic carbocycles. The molecule has 0 radical (unpaired) electrons. The number of aromatic nitrogens is 1. The van der Waals surface area contributed by atoms with Crippen LogP contribution in [-0.4, -0.2) is 37.3 Å². The first-order chi connectivity index (χ1) is 8.70. The SMILES string of the molecule is COc1cc(N(CC2CCCN2)C(C)C)ccn1.